The van der Waals surface area contributed by atoms with Crippen molar-refractivity contribution in [3.63, 3.8) is 0 Å². The van der Waals surface area contributed by atoms with Crippen LogP contribution in [0.3, 0.4) is 0 Å². The van der Waals surface area contributed by atoms with E-state index in [1.807, 2.05) is 6.07 Å². The van der Waals surface area contributed by atoms with Crippen LogP contribution >= 0.6 is 23.2 Å². The van der Waals surface area contributed by atoms with Crippen LogP contribution in [0.1, 0.15) is 11.7 Å². The normalized spacial score (nSPS) is 21.1. The molecule has 0 N–H and O–H groups in total. The molecule has 0 radical (unpaired) electrons. The average Bonchev–Trinajstić information content (AvgIpc) is 2.39. The highest BCUT2D eigenvalue weighted by Crippen LogP contribution is 2.28. The third-order valence-electron chi connectivity index (χ3n) is 3.24. The lowest BCUT2D eigenvalue weighted by Gasteiger charge is -2.33. The van der Waals surface area contributed by atoms with E-state index >= 15 is 0 Å². The fourth-order valence-electron chi connectivity index (χ4n) is 2.11. The highest BCUT2D eigenvalue weighted by atomic mass is 35.5. The Kier molecular flexibility index (Phi) is 5.31. The number of rotatable bonds is 4. The van der Waals surface area contributed by atoms with Crippen molar-refractivity contribution in [1.82, 2.24) is 4.90 Å². The molecule has 4 nitrogen and oxygen atoms in total. The molecule has 1 aromatic rings. The summed E-state index contributed by atoms with van der Waals surface area (Å²) in [4.78, 5) is 2.09. The SMILES string of the molecule is CS(=O)(=O)CCN1CCOC(c2ccc(Cl)c(Cl)c2)C1. The summed E-state index contributed by atoms with van der Waals surface area (Å²) in [6.07, 6.45) is 1.15. The maximum Gasteiger partial charge on any atom is 0.148 e. The molecule has 20 heavy (non-hydrogen) atoms. The minimum absolute atomic E-state index is 0.0990. The van der Waals surface area contributed by atoms with Crippen LogP contribution < -0.4 is 0 Å². The second-order valence-corrected chi connectivity index (χ2v) is 8.04. The third-order valence-corrected chi connectivity index (χ3v) is 4.91. The molecule has 0 spiro atoms. The van der Waals surface area contributed by atoms with E-state index in [0.29, 0.717) is 29.7 Å². The summed E-state index contributed by atoms with van der Waals surface area (Å²) in [6.45, 7) is 2.51. The zero-order valence-corrected chi connectivity index (χ0v) is 13.5. The van der Waals surface area contributed by atoms with Gasteiger partial charge < -0.3 is 4.74 Å². The van der Waals surface area contributed by atoms with E-state index in [0.717, 1.165) is 12.1 Å². The fraction of sp³-hybridized carbons (Fsp3) is 0.538. The lowest BCUT2D eigenvalue weighted by molar-refractivity contribution is -0.0279. The maximum atomic E-state index is 11.2. The molecule has 1 aromatic carbocycles. The van der Waals surface area contributed by atoms with Crippen molar-refractivity contribution in [2.45, 2.75) is 6.10 Å². The molecule has 112 valence electrons. The maximum absolute atomic E-state index is 11.2. The number of hydrogen-bond acceptors (Lipinski definition) is 4. The summed E-state index contributed by atoms with van der Waals surface area (Å²) in [5.74, 6) is 0.168. The van der Waals surface area contributed by atoms with Gasteiger partial charge in [0.2, 0.25) is 0 Å². The van der Waals surface area contributed by atoms with Crippen LogP contribution in [0, 0.1) is 0 Å². The highest BCUT2D eigenvalue weighted by molar-refractivity contribution is 7.90. The molecule has 1 saturated heterocycles. The Bertz CT molecular complexity index is 577. The lowest BCUT2D eigenvalue weighted by Crippen LogP contribution is -2.40. The van der Waals surface area contributed by atoms with Gasteiger partial charge in [0.15, 0.2) is 0 Å². The topological polar surface area (TPSA) is 46.6 Å². The first kappa shape index (κ1) is 16.0. The second kappa shape index (κ2) is 6.62. The molecule has 1 fully saturated rings. The molecule has 1 heterocycles. The zero-order valence-electron chi connectivity index (χ0n) is 11.2. The monoisotopic (exact) mass is 337 g/mol. The summed E-state index contributed by atoms with van der Waals surface area (Å²) >= 11 is 11.9. The van der Waals surface area contributed by atoms with Crippen molar-refractivity contribution < 1.29 is 13.2 Å². The van der Waals surface area contributed by atoms with Gasteiger partial charge in [-0.3, -0.25) is 4.90 Å². The summed E-state index contributed by atoms with van der Waals surface area (Å²) < 4.78 is 28.2. The quantitative estimate of drug-likeness (QED) is 0.846. The largest absolute Gasteiger partial charge is 0.371 e. The molecular formula is C13H17Cl2NO3S. The van der Waals surface area contributed by atoms with E-state index in [4.69, 9.17) is 27.9 Å². The van der Waals surface area contributed by atoms with Gasteiger partial charge >= 0.3 is 0 Å². The smallest absolute Gasteiger partial charge is 0.148 e. The molecule has 1 aliphatic rings. The number of sulfone groups is 1. The molecule has 1 aliphatic heterocycles. The van der Waals surface area contributed by atoms with E-state index in [1.165, 1.54) is 6.26 Å². The predicted molar refractivity (Wildman–Crippen MR) is 81.3 cm³/mol. The molecule has 1 atom stereocenters. The van der Waals surface area contributed by atoms with Gasteiger partial charge in [0.1, 0.15) is 9.84 Å². The first-order chi connectivity index (χ1) is 9.35. The van der Waals surface area contributed by atoms with Gasteiger partial charge in [0.05, 0.1) is 28.5 Å². The molecule has 2 rings (SSSR count). The van der Waals surface area contributed by atoms with E-state index in [9.17, 15) is 8.42 Å². The van der Waals surface area contributed by atoms with Crippen LogP contribution in [0.2, 0.25) is 10.0 Å². The van der Waals surface area contributed by atoms with Crippen LogP contribution in [0.4, 0.5) is 0 Å². The first-order valence-electron chi connectivity index (χ1n) is 6.32. The van der Waals surface area contributed by atoms with Crippen LogP contribution in [0.25, 0.3) is 0 Å². The molecule has 1 unspecified atom stereocenters. The van der Waals surface area contributed by atoms with Crippen LogP contribution in [-0.2, 0) is 14.6 Å². The Labute approximate surface area is 129 Å². The van der Waals surface area contributed by atoms with Gasteiger partial charge in [-0.15, -0.1) is 0 Å². The van der Waals surface area contributed by atoms with Crippen molar-refractivity contribution in [3.05, 3.63) is 33.8 Å². The summed E-state index contributed by atoms with van der Waals surface area (Å²) in [6, 6.07) is 5.44. The summed E-state index contributed by atoms with van der Waals surface area (Å²) in [5, 5.41) is 1.01. The molecule has 0 aliphatic carbocycles. The predicted octanol–water partition coefficient (Wildman–Crippen LogP) is 2.41. The molecular weight excluding hydrogens is 321 g/mol. The standard InChI is InChI=1S/C13H17Cl2NO3S/c1-20(17,18)7-5-16-4-6-19-13(9-16)10-2-3-11(14)12(15)8-10/h2-3,8,13H,4-7,9H2,1H3. The van der Waals surface area contributed by atoms with Crippen molar-refractivity contribution in [2.75, 3.05) is 38.2 Å². The first-order valence-corrected chi connectivity index (χ1v) is 9.13. The highest BCUT2D eigenvalue weighted by Gasteiger charge is 2.23. The van der Waals surface area contributed by atoms with Crippen molar-refractivity contribution in [1.29, 1.82) is 0 Å². The Morgan fingerprint density at radius 2 is 2.10 bits per heavy atom. The average molecular weight is 338 g/mol. The van der Waals surface area contributed by atoms with Crippen LogP contribution in [-0.4, -0.2) is 51.6 Å². The Hall–Kier alpha value is -0.330. The van der Waals surface area contributed by atoms with Gasteiger partial charge in [-0.1, -0.05) is 29.3 Å². The number of nitrogens with zero attached hydrogens (tertiary/aromatic N) is 1. The third kappa shape index (κ3) is 4.60. The second-order valence-electron chi connectivity index (χ2n) is 4.96. The van der Waals surface area contributed by atoms with Gasteiger partial charge in [0, 0.05) is 25.9 Å². The number of benzene rings is 1. The van der Waals surface area contributed by atoms with E-state index < -0.39 is 9.84 Å². The number of ether oxygens (including phenoxy) is 1. The summed E-state index contributed by atoms with van der Waals surface area (Å²) in [7, 11) is -2.94. The van der Waals surface area contributed by atoms with E-state index in [1.54, 1.807) is 12.1 Å². The van der Waals surface area contributed by atoms with Gasteiger partial charge in [-0.05, 0) is 17.7 Å². The van der Waals surface area contributed by atoms with Gasteiger partial charge in [-0.25, -0.2) is 8.42 Å². The molecule has 0 aromatic heterocycles. The van der Waals surface area contributed by atoms with Crippen molar-refractivity contribution in [2.24, 2.45) is 0 Å². The number of morpholine rings is 1. The lowest BCUT2D eigenvalue weighted by atomic mass is 10.1. The molecule has 0 saturated carbocycles. The Balaban J connectivity index is 2.01. The molecule has 7 heteroatoms. The van der Waals surface area contributed by atoms with Crippen molar-refractivity contribution in [3.8, 4) is 0 Å². The van der Waals surface area contributed by atoms with Crippen LogP contribution in [0.15, 0.2) is 18.2 Å². The summed E-state index contributed by atoms with van der Waals surface area (Å²) in [5.41, 5.74) is 0.962. The van der Waals surface area contributed by atoms with Crippen molar-refractivity contribution >= 4 is 33.0 Å². The number of halogens is 2. The van der Waals surface area contributed by atoms with E-state index in [2.05, 4.69) is 4.90 Å². The van der Waals surface area contributed by atoms with E-state index in [-0.39, 0.29) is 11.9 Å². The Morgan fingerprint density at radius 3 is 2.75 bits per heavy atom. The number of hydrogen-bond donors (Lipinski definition) is 0. The van der Waals surface area contributed by atoms with Gasteiger partial charge in [-0.2, -0.15) is 0 Å². The molecule has 0 amide bonds. The van der Waals surface area contributed by atoms with Gasteiger partial charge in [0.25, 0.3) is 0 Å². The molecule has 0 bridgehead atoms. The zero-order chi connectivity index (χ0) is 14.8. The minimum Gasteiger partial charge on any atom is -0.371 e. The fourth-order valence-corrected chi connectivity index (χ4v) is 3.01. The Morgan fingerprint density at radius 1 is 1.35 bits per heavy atom. The minimum atomic E-state index is -2.94. The van der Waals surface area contributed by atoms with Crippen LogP contribution in [0.5, 0.6) is 0 Å².